The van der Waals surface area contributed by atoms with Crippen molar-refractivity contribution in [3.05, 3.63) is 30.5 Å². The number of hydrogen-bond acceptors (Lipinski definition) is 4. The Morgan fingerprint density at radius 3 is 2.84 bits per heavy atom. The first-order valence-corrected chi connectivity index (χ1v) is 6.98. The smallest absolute Gasteiger partial charge is 0.226 e. The summed E-state index contributed by atoms with van der Waals surface area (Å²) < 4.78 is 0. The summed E-state index contributed by atoms with van der Waals surface area (Å²) in [5.74, 6) is 0.803. The lowest BCUT2D eigenvalue weighted by molar-refractivity contribution is 0.282. The van der Waals surface area contributed by atoms with Crippen molar-refractivity contribution in [2.45, 2.75) is 31.7 Å². The summed E-state index contributed by atoms with van der Waals surface area (Å²) in [4.78, 5) is 11.4. The molecule has 1 heterocycles. The highest BCUT2D eigenvalue weighted by molar-refractivity contribution is 5.78. The van der Waals surface area contributed by atoms with Crippen LogP contribution < -0.4 is 4.90 Å². The average molecular weight is 257 g/mol. The number of fused-ring (bicyclic) bond motifs is 1. The maximum Gasteiger partial charge on any atom is 0.226 e. The molecule has 19 heavy (non-hydrogen) atoms. The van der Waals surface area contributed by atoms with Gasteiger partial charge in [-0.25, -0.2) is 9.97 Å². The van der Waals surface area contributed by atoms with Gasteiger partial charge >= 0.3 is 0 Å². The van der Waals surface area contributed by atoms with Crippen molar-refractivity contribution < 1.29 is 5.11 Å². The van der Waals surface area contributed by atoms with Gasteiger partial charge in [0, 0.05) is 30.8 Å². The summed E-state index contributed by atoms with van der Waals surface area (Å²) in [5.41, 5.74) is 0.987. The van der Waals surface area contributed by atoms with Gasteiger partial charge in [0.15, 0.2) is 0 Å². The summed E-state index contributed by atoms with van der Waals surface area (Å²) in [5, 5.41) is 10.1. The van der Waals surface area contributed by atoms with E-state index in [9.17, 15) is 0 Å². The molecule has 0 spiro atoms. The van der Waals surface area contributed by atoms with E-state index in [1.165, 1.54) is 19.3 Å². The van der Waals surface area contributed by atoms with Crippen molar-refractivity contribution in [3.63, 3.8) is 0 Å². The Morgan fingerprint density at radius 1 is 1.26 bits per heavy atom. The number of benzene rings is 1. The van der Waals surface area contributed by atoms with Crippen molar-refractivity contribution in [3.8, 4) is 0 Å². The number of hydrogen-bond donors (Lipinski definition) is 1. The van der Waals surface area contributed by atoms with Crippen LogP contribution in [-0.2, 0) is 0 Å². The van der Waals surface area contributed by atoms with E-state index in [2.05, 4.69) is 14.9 Å². The molecule has 100 valence electrons. The Balaban J connectivity index is 1.89. The molecule has 0 unspecified atom stereocenters. The highest BCUT2D eigenvalue weighted by Crippen LogP contribution is 2.28. The van der Waals surface area contributed by atoms with E-state index in [0.29, 0.717) is 6.04 Å². The molecule has 3 rings (SSSR count). The molecule has 1 saturated carbocycles. The zero-order valence-corrected chi connectivity index (χ0v) is 11.0. The topological polar surface area (TPSA) is 49.2 Å². The van der Waals surface area contributed by atoms with Gasteiger partial charge < -0.3 is 10.0 Å². The molecule has 2 aromatic rings. The average Bonchev–Trinajstić information content (AvgIpc) is 2.40. The Hall–Kier alpha value is -1.68. The minimum absolute atomic E-state index is 0.219. The zero-order chi connectivity index (χ0) is 13.1. The van der Waals surface area contributed by atoms with Crippen molar-refractivity contribution in [1.29, 1.82) is 0 Å². The number of para-hydroxylation sites is 1. The molecule has 1 aliphatic carbocycles. The highest BCUT2D eigenvalue weighted by atomic mass is 16.3. The van der Waals surface area contributed by atoms with Gasteiger partial charge in [-0.3, -0.25) is 0 Å². The predicted molar refractivity (Wildman–Crippen MR) is 76.2 cm³/mol. The first-order chi connectivity index (χ1) is 9.38. The summed E-state index contributed by atoms with van der Waals surface area (Å²) in [7, 11) is 0. The SMILES string of the molecule is OCCCN(c1ncc2ccccc2n1)C1CCC1. The quantitative estimate of drug-likeness (QED) is 0.893. The Morgan fingerprint density at radius 2 is 2.11 bits per heavy atom. The first kappa shape index (κ1) is 12.4. The summed E-state index contributed by atoms with van der Waals surface area (Å²) in [6.45, 7) is 1.05. The van der Waals surface area contributed by atoms with Crippen LogP contribution >= 0.6 is 0 Å². The number of aliphatic hydroxyl groups is 1. The third kappa shape index (κ3) is 2.54. The van der Waals surface area contributed by atoms with Gasteiger partial charge in [0.05, 0.1) is 5.52 Å². The first-order valence-electron chi connectivity index (χ1n) is 6.98. The predicted octanol–water partition coefficient (Wildman–Crippen LogP) is 2.37. The number of aliphatic hydroxyl groups excluding tert-OH is 1. The number of rotatable bonds is 5. The lowest BCUT2D eigenvalue weighted by Crippen LogP contribution is -2.42. The third-order valence-corrected chi connectivity index (χ3v) is 3.81. The lowest BCUT2D eigenvalue weighted by Gasteiger charge is -2.37. The van der Waals surface area contributed by atoms with Gasteiger partial charge in [-0.15, -0.1) is 0 Å². The standard InChI is InChI=1S/C15H19N3O/c19-10-4-9-18(13-6-3-7-13)15-16-11-12-5-1-2-8-14(12)17-15/h1-2,5,8,11,13,19H,3-4,6-7,9-10H2. The van der Waals surface area contributed by atoms with Crippen LogP contribution in [0.1, 0.15) is 25.7 Å². The summed E-state index contributed by atoms with van der Waals surface area (Å²) in [6.07, 6.45) is 6.37. The van der Waals surface area contributed by atoms with Crippen molar-refractivity contribution >= 4 is 16.9 Å². The normalized spacial score (nSPS) is 15.4. The molecule has 1 aromatic carbocycles. The largest absolute Gasteiger partial charge is 0.396 e. The zero-order valence-electron chi connectivity index (χ0n) is 11.0. The van der Waals surface area contributed by atoms with Crippen LogP contribution in [0.5, 0.6) is 0 Å². The fourth-order valence-corrected chi connectivity index (χ4v) is 2.49. The van der Waals surface area contributed by atoms with Crippen molar-refractivity contribution in [2.75, 3.05) is 18.1 Å². The number of anilines is 1. The molecule has 0 aliphatic heterocycles. The number of aromatic nitrogens is 2. The maximum atomic E-state index is 9.04. The van der Waals surface area contributed by atoms with Gasteiger partial charge in [0.25, 0.3) is 0 Å². The minimum Gasteiger partial charge on any atom is -0.396 e. The van der Waals surface area contributed by atoms with Crippen LogP contribution in [0.25, 0.3) is 10.9 Å². The molecule has 0 atom stereocenters. The van der Waals surface area contributed by atoms with Gasteiger partial charge in [-0.1, -0.05) is 18.2 Å². The molecule has 4 nitrogen and oxygen atoms in total. The Bertz CT molecular complexity index is 554. The van der Waals surface area contributed by atoms with Crippen LogP contribution in [-0.4, -0.2) is 34.3 Å². The van der Waals surface area contributed by atoms with Crippen LogP contribution in [0.15, 0.2) is 30.5 Å². The van der Waals surface area contributed by atoms with Gasteiger partial charge in [-0.05, 0) is 31.7 Å². The van der Waals surface area contributed by atoms with Crippen LogP contribution in [0.3, 0.4) is 0 Å². The molecule has 0 bridgehead atoms. The van der Waals surface area contributed by atoms with E-state index in [0.717, 1.165) is 29.8 Å². The Kier molecular flexibility index (Phi) is 3.60. The van der Waals surface area contributed by atoms with Crippen LogP contribution in [0.2, 0.25) is 0 Å². The molecular weight excluding hydrogens is 238 g/mol. The summed E-state index contributed by atoms with van der Waals surface area (Å²) in [6, 6.07) is 8.60. The second kappa shape index (κ2) is 5.53. The molecule has 4 heteroatoms. The molecule has 0 amide bonds. The molecule has 1 fully saturated rings. The molecule has 1 N–H and O–H groups in total. The lowest BCUT2D eigenvalue weighted by atomic mass is 9.91. The van der Waals surface area contributed by atoms with E-state index in [4.69, 9.17) is 5.11 Å². The maximum absolute atomic E-state index is 9.04. The fraction of sp³-hybridized carbons (Fsp3) is 0.467. The van der Waals surface area contributed by atoms with E-state index in [1.807, 2.05) is 30.5 Å². The fourth-order valence-electron chi connectivity index (χ4n) is 2.49. The van der Waals surface area contributed by atoms with Gasteiger partial charge in [0.1, 0.15) is 0 Å². The third-order valence-electron chi connectivity index (χ3n) is 3.81. The second-order valence-electron chi connectivity index (χ2n) is 5.08. The monoisotopic (exact) mass is 257 g/mol. The molecule has 0 radical (unpaired) electrons. The minimum atomic E-state index is 0.219. The van der Waals surface area contributed by atoms with Gasteiger partial charge in [-0.2, -0.15) is 0 Å². The summed E-state index contributed by atoms with van der Waals surface area (Å²) >= 11 is 0. The van der Waals surface area contributed by atoms with Crippen LogP contribution in [0.4, 0.5) is 5.95 Å². The highest BCUT2D eigenvalue weighted by Gasteiger charge is 2.26. The van der Waals surface area contributed by atoms with Crippen molar-refractivity contribution in [2.24, 2.45) is 0 Å². The molecule has 1 aliphatic rings. The second-order valence-corrected chi connectivity index (χ2v) is 5.08. The van der Waals surface area contributed by atoms with E-state index >= 15 is 0 Å². The number of nitrogens with zero attached hydrogens (tertiary/aromatic N) is 3. The van der Waals surface area contributed by atoms with Crippen LogP contribution in [0, 0.1) is 0 Å². The van der Waals surface area contributed by atoms with E-state index in [-0.39, 0.29) is 6.61 Å². The Labute approximate surface area is 113 Å². The van der Waals surface area contributed by atoms with E-state index < -0.39 is 0 Å². The molecule has 0 saturated heterocycles. The molecule has 1 aromatic heterocycles. The van der Waals surface area contributed by atoms with Gasteiger partial charge in [0.2, 0.25) is 5.95 Å². The molecular formula is C15H19N3O. The van der Waals surface area contributed by atoms with E-state index in [1.54, 1.807) is 0 Å². The van der Waals surface area contributed by atoms with Crippen molar-refractivity contribution in [1.82, 2.24) is 9.97 Å².